The third-order valence-electron chi connectivity index (χ3n) is 4.66. The molecule has 1 N–H and O–H groups in total. The normalized spacial score (nSPS) is 17.8. The van der Waals surface area contributed by atoms with Crippen LogP contribution in [-0.4, -0.2) is 41.0 Å². The summed E-state index contributed by atoms with van der Waals surface area (Å²) in [7, 11) is 0. The van der Waals surface area contributed by atoms with E-state index >= 15 is 0 Å². The fourth-order valence-electron chi connectivity index (χ4n) is 3.35. The molecular weight excluding hydrogens is 306 g/mol. The average Bonchev–Trinajstić information content (AvgIpc) is 3.15. The molecule has 0 spiro atoms. The molecule has 1 fully saturated rings. The number of likely N-dealkylation sites (tertiary alicyclic amines) is 1. The molecule has 0 aliphatic carbocycles. The molecule has 1 aromatic heterocycles. The first kappa shape index (κ1) is 14.8. The van der Waals surface area contributed by atoms with Crippen molar-refractivity contribution in [3.8, 4) is 5.75 Å². The molecule has 24 heavy (non-hydrogen) atoms. The third kappa shape index (κ3) is 2.75. The number of carbonyl (C=O) groups excluding carboxylic acids is 2. The molecule has 2 aliphatic rings. The van der Waals surface area contributed by atoms with Gasteiger partial charge in [0.05, 0.1) is 5.69 Å². The Labute approximate surface area is 140 Å². The lowest BCUT2D eigenvalue weighted by Gasteiger charge is -2.33. The van der Waals surface area contributed by atoms with E-state index in [0.717, 1.165) is 25.9 Å². The van der Waals surface area contributed by atoms with E-state index in [-0.39, 0.29) is 18.4 Å². The van der Waals surface area contributed by atoms with Gasteiger partial charge in [0.2, 0.25) is 0 Å². The van der Waals surface area contributed by atoms with Gasteiger partial charge in [-0.2, -0.15) is 0 Å². The van der Waals surface area contributed by atoms with Crippen LogP contribution in [0.25, 0.3) is 0 Å². The van der Waals surface area contributed by atoms with E-state index in [1.807, 2.05) is 17.0 Å². The minimum absolute atomic E-state index is 0.00704. The molecule has 6 nitrogen and oxygen atoms in total. The number of anilines is 1. The molecule has 1 saturated heterocycles. The number of aromatic nitrogens is 1. The van der Waals surface area contributed by atoms with Crippen LogP contribution in [0, 0.1) is 0 Å². The molecule has 1 aromatic carbocycles. The number of carbonyl (C=O) groups is 2. The highest BCUT2D eigenvalue weighted by Crippen LogP contribution is 2.30. The van der Waals surface area contributed by atoms with Gasteiger partial charge in [-0.15, -0.1) is 0 Å². The minimum Gasteiger partial charge on any atom is -0.482 e. The lowest BCUT2D eigenvalue weighted by atomic mass is 10.0. The van der Waals surface area contributed by atoms with Gasteiger partial charge in [0.1, 0.15) is 5.75 Å². The lowest BCUT2D eigenvalue weighted by molar-refractivity contribution is -0.118. The minimum atomic E-state index is -0.173. The molecule has 6 heteroatoms. The summed E-state index contributed by atoms with van der Waals surface area (Å²) in [5.41, 5.74) is 1.22. The lowest BCUT2D eigenvalue weighted by Crippen LogP contribution is -2.39. The van der Waals surface area contributed by atoms with E-state index in [4.69, 9.17) is 4.74 Å². The number of rotatable bonds is 2. The number of piperidine rings is 1. The Bertz CT molecular complexity index is 762. The molecule has 2 amide bonds. The molecule has 3 heterocycles. The average molecular weight is 325 g/mol. The van der Waals surface area contributed by atoms with Crippen LogP contribution >= 0.6 is 0 Å². The Morgan fingerprint density at radius 3 is 2.67 bits per heavy atom. The molecule has 0 bridgehead atoms. The molecule has 0 unspecified atom stereocenters. The van der Waals surface area contributed by atoms with Gasteiger partial charge in [-0.3, -0.25) is 9.59 Å². The highest BCUT2D eigenvalue weighted by Gasteiger charge is 2.25. The monoisotopic (exact) mass is 325 g/mol. The van der Waals surface area contributed by atoms with Crippen molar-refractivity contribution in [1.29, 1.82) is 0 Å². The number of fused-ring (bicyclic) bond motifs is 1. The second kappa shape index (κ2) is 6.03. The maximum atomic E-state index is 12.7. The Morgan fingerprint density at radius 2 is 1.92 bits per heavy atom. The van der Waals surface area contributed by atoms with Crippen LogP contribution in [0.5, 0.6) is 5.75 Å². The van der Waals surface area contributed by atoms with Gasteiger partial charge in [0.25, 0.3) is 11.8 Å². The third-order valence-corrected chi connectivity index (χ3v) is 4.66. The quantitative estimate of drug-likeness (QED) is 0.921. The summed E-state index contributed by atoms with van der Waals surface area (Å²) in [6.45, 7) is 1.49. The first-order valence-corrected chi connectivity index (χ1v) is 8.19. The SMILES string of the molecule is O=C1COc2cc(C(=O)N3CCC(n4cccc4)CC3)ccc2N1. The van der Waals surface area contributed by atoms with Gasteiger partial charge in [-0.25, -0.2) is 0 Å². The first-order chi connectivity index (χ1) is 11.7. The number of hydrogen-bond donors (Lipinski definition) is 1. The van der Waals surface area contributed by atoms with E-state index in [0.29, 0.717) is 23.0 Å². The highest BCUT2D eigenvalue weighted by atomic mass is 16.5. The van der Waals surface area contributed by atoms with Crippen molar-refractivity contribution in [1.82, 2.24) is 9.47 Å². The topological polar surface area (TPSA) is 63.6 Å². The molecule has 4 rings (SSSR count). The van der Waals surface area contributed by atoms with Crippen LogP contribution < -0.4 is 10.1 Å². The van der Waals surface area contributed by atoms with E-state index < -0.39 is 0 Å². The zero-order valence-corrected chi connectivity index (χ0v) is 13.3. The number of nitrogens with one attached hydrogen (secondary N) is 1. The van der Waals surface area contributed by atoms with Gasteiger partial charge in [-0.05, 0) is 43.2 Å². The summed E-state index contributed by atoms with van der Waals surface area (Å²) in [6.07, 6.45) is 6.07. The van der Waals surface area contributed by atoms with Crippen molar-refractivity contribution in [2.45, 2.75) is 18.9 Å². The van der Waals surface area contributed by atoms with E-state index in [2.05, 4.69) is 22.3 Å². The van der Waals surface area contributed by atoms with Crippen LogP contribution in [0.15, 0.2) is 42.7 Å². The number of ether oxygens (including phenoxy) is 1. The number of amides is 2. The summed E-state index contributed by atoms with van der Waals surface area (Å²) in [5, 5.41) is 2.74. The summed E-state index contributed by atoms with van der Waals surface area (Å²) in [4.78, 5) is 25.9. The highest BCUT2D eigenvalue weighted by molar-refractivity contribution is 5.99. The van der Waals surface area contributed by atoms with Crippen LogP contribution in [0.4, 0.5) is 5.69 Å². The smallest absolute Gasteiger partial charge is 0.262 e. The first-order valence-electron chi connectivity index (χ1n) is 8.19. The van der Waals surface area contributed by atoms with Crippen molar-refractivity contribution < 1.29 is 14.3 Å². The second-order valence-corrected chi connectivity index (χ2v) is 6.20. The zero-order chi connectivity index (χ0) is 16.5. The van der Waals surface area contributed by atoms with Gasteiger partial charge >= 0.3 is 0 Å². The van der Waals surface area contributed by atoms with Crippen LogP contribution in [0.2, 0.25) is 0 Å². The zero-order valence-electron chi connectivity index (χ0n) is 13.3. The predicted octanol–water partition coefficient (Wildman–Crippen LogP) is 2.30. The van der Waals surface area contributed by atoms with Gasteiger partial charge in [-0.1, -0.05) is 0 Å². The van der Waals surface area contributed by atoms with E-state index in [9.17, 15) is 9.59 Å². The van der Waals surface area contributed by atoms with Crippen molar-refractivity contribution in [2.24, 2.45) is 0 Å². The summed E-state index contributed by atoms with van der Waals surface area (Å²) in [5.74, 6) is 0.403. The molecule has 2 aliphatic heterocycles. The maximum Gasteiger partial charge on any atom is 0.262 e. The molecular formula is C18H19N3O3. The van der Waals surface area contributed by atoms with Crippen LogP contribution in [0.3, 0.4) is 0 Å². The summed E-state index contributed by atoms with van der Waals surface area (Å²) in [6, 6.07) is 9.72. The fraction of sp³-hybridized carbons (Fsp3) is 0.333. The van der Waals surface area contributed by atoms with Crippen LogP contribution in [0.1, 0.15) is 29.2 Å². The maximum absolute atomic E-state index is 12.7. The summed E-state index contributed by atoms with van der Waals surface area (Å²) >= 11 is 0. The second-order valence-electron chi connectivity index (χ2n) is 6.20. The Kier molecular flexibility index (Phi) is 3.72. The van der Waals surface area contributed by atoms with Crippen molar-refractivity contribution in [3.63, 3.8) is 0 Å². The van der Waals surface area contributed by atoms with Crippen molar-refractivity contribution in [2.75, 3.05) is 25.0 Å². The number of nitrogens with zero attached hydrogens (tertiary/aromatic N) is 2. The predicted molar refractivity (Wildman–Crippen MR) is 89.2 cm³/mol. The Hall–Kier alpha value is -2.76. The Morgan fingerprint density at radius 1 is 1.17 bits per heavy atom. The van der Waals surface area contributed by atoms with Crippen molar-refractivity contribution >= 4 is 17.5 Å². The molecule has 2 aromatic rings. The Balaban J connectivity index is 1.44. The number of benzene rings is 1. The molecule has 0 atom stereocenters. The van der Waals surface area contributed by atoms with Gasteiger partial charge < -0.3 is 19.5 Å². The molecule has 0 saturated carbocycles. The largest absolute Gasteiger partial charge is 0.482 e. The molecule has 0 radical (unpaired) electrons. The van der Waals surface area contributed by atoms with E-state index in [1.165, 1.54) is 0 Å². The van der Waals surface area contributed by atoms with Crippen molar-refractivity contribution in [3.05, 3.63) is 48.3 Å². The fourth-order valence-corrected chi connectivity index (χ4v) is 3.35. The number of hydrogen-bond acceptors (Lipinski definition) is 3. The molecule has 124 valence electrons. The summed E-state index contributed by atoms with van der Waals surface area (Å²) < 4.78 is 7.61. The van der Waals surface area contributed by atoms with Gasteiger partial charge in [0, 0.05) is 37.1 Å². The van der Waals surface area contributed by atoms with E-state index in [1.54, 1.807) is 18.2 Å². The van der Waals surface area contributed by atoms with Crippen LogP contribution in [-0.2, 0) is 4.79 Å². The van der Waals surface area contributed by atoms with Gasteiger partial charge in [0.15, 0.2) is 6.61 Å². The standard InChI is InChI=1S/C18H19N3O3/c22-17-12-24-16-11-13(3-4-15(16)19-17)18(23)21-9-5-14(6-10-21)20-7-1-2-8-20/h1-4,7-8,11,14H,5-6,9-10,12H2,(H,19,22).